The third-order valence-corrected chi connectivity index (χ3v) is 5.53. The molecule has 0 heterocycles. The number of nitrogens with one attached hydrogen (secondary N) is 1. The van der Waals surface area contributed by atoms with Gasteiger partial charge in [-0.15, -0.1) is 3.71 Å². The van der Waals surface area contributed by atoms with Gasteiger partial charge < -0.3 is 0 Å². The quantitative estimate of drug-likeness (QED) is 0.890. The minimum atomic E-state index is -6.08. The molecule has 0 radical (unpaired) electrons. The van der Waals surface area contributed by atoms with Gasteiger partial charge in [-0.1, -0.05) is 18.2 Å². The van der Waals surface area contributed by atoms with Crippen molar-refractivity contribution in [2.45, 2.75) is 5.51 Å². The summed E-state index contributed by atoms with van der Waals surface area (Å²) < 4.78 is 84.1. The Morgan fingerprint density at radius 1 is 1.05 bits per heavy atom. The Labute approximate surface area is 108 Å². The van der Waals surface area contributed by atoms with Gasteiger partial charge in [0.15, 0.2) is 0 Å². The van der Waals surface area contributed by atoms with E-state index in [-0.39, 0.29) is 0 Å². The first-order chi connectivity index (χ1) is 8.54. The minimum absolute atomic E-state index is 0.644. The third-order valence-electron chi connectivity index (χ3n) is 1.95. The monoisotopic (exact) mass is 318 g/mol. The molecular formula is C8H9F3N2O4S2. The van der Waals surface area contributed by atoms with Gasteiger partial charge in [0.05, 0.1) is 5.69 Å². The van der Waals surface area contributed by atoms with E-state index in [1.54, 1.807) is 0 Å². The average molecular weight is 318 g/mol. The molecule has 0 atom stereocenters. The van der Waals surface area contributed by atoms with Crippen LogP contribution in [-0.2, 0) is 20.2 Å². The van der Waals surface area contributed by atoms with Gasteiger partial charge in [-0.25, -0.2) is 0 Å². The fourth-order valence-corrected chi connectivity index (χ4v) is 3.80. The molecule has 6 nitrogen and oxygen atoms in total. The van der Waals surface area contributed by atoms with Crippen molar-refractivity contribution in [3.8, 4) is 0 Å². The van der Waals surface area contributed by atoms with E-state index in [4.69, 9.17) is 0 Å². The molecular weight excluding hydrogens is 309 g/mol. The second-order valence-corrected chi connectivity index (χ2v) is 6.93. The highest BCUT2D eigenvalue weighted by molar-refractivity contribution is 8.09. The molecule has 1 aromatic carbocycles. The lowest BCUT2D eigenvalue weighted by molar-refractivity contribution is -0.0434. The third kappa shape index (κ3) is 2.98. The van der Waals surface area contributed by atoms with Crippen molar-refractivity contribution in [2.75, 3.05) is 10.8 Å². The summed E-state index contributed by atoms with van der Waals surface area (Å²) in [7, 11) is -10.2. The van der Waals surface area contributed by atoms with E-state index in [1.807, 2.05) is 0 Å². The predicted octanol–water partition coefficient (Wildman–Crippen LogP) is 0.807. The van der Waals surface area contributed by atoms with Crippen LogP contribution in [0.25, 0.3) is 0 Å². The summed E-state index contributed by atoms with van der Waals surface area (Å²) in [4.78, 5) is 0. The number of benzene rings is 1. The normalized spacial score (nSPS) is 13.3. The maximum Gasteiger partial charge on any atom is 0.517 e. The molecule has 0 fully saturated rings. The van der Waals surface area contributed by atoms with Crippen LogP contribution in [-0.4, -0.2) is 29.4 Å². The summed E-state index contributed by atoms with van der Waals surface area (Å²) in [6.07, 6.45) is 0. The molecule has 19 heavy (non-hydrogen) atoms. The smallest absolute Gasteiger partial charge is 0.200 e. The van der Waals surface area contributed by atoms with Crippen LogP contribution in [0.4, 0.5) is 18.9 Å². The Hall–Kier alpha value is -1.33. The number of anilines is 1. The number of hydrogen-bond donors (Lipinski definition) is 1. The number of alkyl halides is 3. The van der Waals surface area contributed by atoms with Crippen molar-refractivity contribution >= 4 is 25.9 Å². The standard InChI is InChI=1S/C8H9F3N2O4S2/c1-12-19(16,17)13(7-5-3-2-4-6-7)18(14,15)8(9,10)11/h2-6,12H,1H3. The highest BCUT2D eigenvalue weighted by atomic mass is 32.3. The van der Waals surface area contributed by atoms with Gasteiger partial charge in [-0.05, 0) is 12.1 Å². The van der Waals surface area contributed by atoms with Crippen LogP contribution in [0.2, 0.25) is 0 Å². The lowest BCUT2D eigenvalue weighted by Gasteiger charge is -2.23. The summed E-state index contributed by atoms with van der Waals surface area (Å²) in [5.41, 5.74) is -6.39. The first-order valence-electron chi connectivity index (χ1n) is 4.64. The Kier molecular flexibility index (Phi) is 4.12. The summed E-state index contributed by atoms with van der Waals surface area (Å²) in [5.74, 6) is 0. The molecule has 1 rings (SSSR count). The molecule has 0 amide bonds. The lowest BCUT2D eigenvalue weighted by Crippen LogP contribution is -2.48. The van der Waals surface area contributed by atoms with Crippen LogP contribution in [0.3, 0.4) is 0 Å². The number of nitrogens with zero attached hydrogens (tertiary/aromatic N) is 1. The molecule has 0 aliphatic carbocycles. The number of sulfonamides is 1. The highest BCUT2D eigenvalue weighted by Crippen LogP contribution is 2.32. The summed E-state index contributed by atoms with van der Waals surface area (Å²) >= 11 is 0. The largest absolute Gasteiger partial charge is 0.517 e. The van der Waals surface area contributed by atoms with Crippen LogP contribution in [0, 0.1) is 0 Å². The van der Waals surface area contributed by atoms with Gasteiger partial charge in [0.2, 0.25) is 0 Å². The molecule has 0 aliphatic heterocycles. The molecule has 0 unspecified atom stereocenters. The van der Waals surface area contributed by atoms with E-state index in [2.05, 4.69) is 0 Å². The van der Waals surface area contributed by atoms with E-state index in [1.165, 1.54) is 22.9 Å². The van der Waals surface area contributed by atoms with E-state index < -0.39 is 35.1 Å². The first-order valence-corrected chi connectivity index (χ1v) is 7.52. The van der Waals surface area contributed by atoms with E-state index in [0.717, 1.165) is 19.2 Å². The molecule has 11 heteroatoms. The Morgan fingerprint density at radius 2 is 1.53 bits per heavy atom. The maximum absolute atomic E-state index is 12.5. The second kappa shape index (κ2) is 4.98. The van der Waals surface area contributed by atoms with Gasteiger partial charge in [0.25, 0.3) is 0 Å². The first kappa shape index (κ1) is 15.7. The Bertz CT molecular complexity index is 640. The fourth-order valence-electron chi connectivity index (χ4n) is 1.13. The lowest BCUT2D eigenvalue weighted by atomic mass is 10.3. The second-order valence-electron chi connectivity index (χ2n) is 3.19. The predicted molar refractivity (Wildman–Crippen MR) is 61.9 cm³/mol. The zero-order valence-corrected chi connectivity index (χ0v) is 11.1. The van der Waals surface area contributed by atoms with Crippen LogP contribution < -0.4 is 8.43 Å². The summed E-state index contributed by atoms with van der Waals surface area (Å²) in [6.45, 7) is 0. The van der Waals surface area contributed by atoms with Crippen LogP contribution >= 0.6 is 0 Å². The van der Waals surface area contributed by atoms with Crippen LogP contribution in [0.5, 0.6) is 0 Å². The zero-order valence-electron chi connectivity index (χ0n) is 9.42. The van der Waals surface area contributed by atoms with Gasteiger partial charge in [0, 0.05) is 7.05 Å². The molecule has 0 bridgehead atoms. The SMILES string of the molecule is CNS(=O)(=O)N(c1ccccc1)S(=O)(=O)C(F)(F)F. The topological polar surface area (TPSA) is 83.6 Å². The van der Waals surface area contributed by atoms with Gasteiger partial charge in [-0.3, -0.25) is 0 Å². The van der Waals surface area contributed by atoms with Crippen molar-refractivity contribution in [1.82, 2.24) is 4.72 Å². The van der Waals surface area contributed by atoms with Gasteiger partial charge in [0.1, 0.15) is 0 Å². The molecule has 0 saturated carbocycles. The minimum Gasteiger partial charge on any atom is -0.200 e. The van der Waals surface area contributed by atoms with E-state index in [0.29, 0.717) is 0 Å². The molecule has 0 spiro atoms. The highest BCUT2D eigenvalue weighted by Gasteiger charge is 2.54. The molecule has 108 valence electrons. The van der Waals surface area contributed by atoms with Gasteiger partial charge >= 0.3 is 25.7 Å². The van der Waals surface area contributed by atoms with E-state index >= 15 is 0 Å². The number of halogens is 3. The van der Waals surface area contributed by atoms with Crippen molar-refractivity contribution in [2.24, 2.45) is 0 Å². The Balaban J connectivity index is 3.58. The molecule has 0 saturated heterocycles. The van der Waals surface area contributed by atoms with Crippen molar-refractivity contribution in [3.63, 3.8) is 0 Å². The van der Waals surface area contributed by atoms with Crippen LogP contribution in [0.1, 0.15) is 0 Å². The fraction of sp³-hybridized carbons (Fsp3) is 0.250. The maximum atomic E-state index is 12.5. The summed E-state index contributed by atoms with van der Waals surface area (Å²) in [5, 5.41) is 0. The van der Waals surface area contributed by atoms with Crippen molar-refractivity contribution in [3.05, 3.63) is 30.3 Å². The van der Waals surface area contributed by atoms with Gasteiger partial charge in [-0.2, -0.15) is 34.7 Å². The van der Waals surface area contributed by atoms with Crippen molar-refractivity contribution < 1.29 is 30.0 Å². The number of para-hydroxylation sites is 1. The molecule has 1 N–H and O–H groups in total. The van der Waals surface area contributed by atoms with E-state index in [9.17, 15) is 30.0 Å². The van der Waals surface area contributed by atoms with Crippen LogP contribution in [0.15, 0.2) is 30.3 Å². The number of rotatable bonds is 4. The average Bonchev–Trinajstić information content (AvgIpc) is 2.28. The number of hydrogen-bond acceptors (Lipinski definition) is 4. The van der Waals surface area contributed by atoms with Crippen molar-refractivity contribution in [1.29, 1.82) is 0 Å². The molecule has 0 aliphatic rings. The summed E-state index contributed by atoms with van der Waals surface area (Å²) in [6, 6.07) is 5.67. The Morgan fingerprint density at radius 3 is 1.89 bits per heavy atom. The molecule has 0 aromatic heterocycles. The zero-order chi connectivity index (χ0) is 14.9. The molecule has 1 aromatic rings.